The molecule has 0 saturated heterocycles. The van der Waals surface area contributed by atoms with Gasteiger partial charge in [-0.3, -0.25) is 4.79 Å². The average molecular weight is 505 g/mol. The molecule has 190 valence electrons. The van der Waals surface area contributed by atoms with Crippen molar-refractivity contribution in [1.29, 1.82) is 0 Å². The number of halogens is 5. The molecule has 36 heavy (non-hydrogen) atoms. The summed E-state index contributed by atoms with van der Waals surface area (Å²) in [6, 6.07) is 6.31. The van der Waals surface area contributed by atoms with Gasteiger partial charge >= 0.3 is 0 Å². The smallest absolute Gasteiger partial charge is 0.230 e. The third-order valence-corrected chi connectivity index (χ3v) is 6.42. The van der Waals surface area contributed by atoms with E-state index in [-0.39, 0.29) is 11.6 Å². The number of benzene rings is 2. The van der Waals surface area contributed by atoms with E-state index in [2.05, 4.69) is 15.3 Å². The molecule has 2 aromatic carbocycles. The summed E-state index contributed by atoms with van der Waals surface area (Å²) in [4.78, 5) is 21.4. The van der Waals surface area contributed by atoms with Gasteiger partial charge in [-0.2, -0.15) is 0 Å². The summed E-state index contributed by atoms with van der Waals surface area (Å²) in [6.07, 6.45) is 7.27. The third-order valence-electron chi connectivity index (χ3n) is 6.42. The molecule has 1 fully saturated rings. The molecular weight excluding hydrogens is 481 g/mol. The highest BCUT2D eigenvalue weighted by atomic mass is 19.2. The lowest BCUT2D eigenvalue weighted by atomic mass is 9.86. The highest BCUT2D eigenvalue weighted by Gasteiger charge is 2.27. The first-order valence-electron chi connectivity index (χ1n) is 11.7. The van der Waals surface area contributed by atoms with E-state index in [0.29, 0.717) is 29.3 Å². The number of anilines is 1. The van der Waals surface area contributed by atoms with Crippen molar-refractivity contribution in [2.75, 3.05) is 5.32 Å². The van der Waals surface area contributed by atoms with Crippen molar-refractivity contribution in [3.05, 3.63) is 70.8 Å². The second-order valence-electron chi connectivity index (χ2n) is 8.91. The van der Waals surface area contributed by atoms with E-state index in [0.717, 1.165) is 32.1 Å². The van der Waals surface area contributed by atoms with Crippen LogP contribution in [-0.2, 0) is 17.6 Å². The molecule has 4 rings (SSSR count). The predicted molar refractivity (Wildman–Crippen MR) is 123 cm³/mol. The van der Waals surface area contributed by atoms with Gasteiger partial charge in [0.1, 0.15) is 5.75 Å². The Morgan fingerprint density at radius 1 is 0.917 bits per heavy atom. The number of aromatic hydroxyl groups is 1. The van der Waals surface area contributed by atoms with Crippen LogP contribution in [0.5, 0.6) is 5.75 Å². The average Bonchev–Trinajstić information content (AvgIpc) is 2.89. The summed E-state index contributed by atoms with van der Waals surface area (Å²) in [7, 11) is 0. The predicted octanol–water partition coefficient (Wildman–Crippen LogP) is 6.24. The molecule has 0 aliphatic heterocycles. The van der Waals surface area contributed by atoms with Gasteiger partial charge < -0.3 is 10.4 Å². The van der Waals surface area contributed by atoms with Crippen molar-refractivity contribution in [2.45, 2.75) is 51.4 Å². The quantitative estimate of drug-likeness (QED) is 0.227. The van der Waals surface area contributed by atoms with Gasteiger partial charge in [0.2, 0.25) is 11.7 Å². The summed E-state index contributed by atoms with van der Waals surface area (Å²) >= 11 is 0. The number of hydrogen-bond acceptors (Lipinski definition) is 4. The van der Waals surface area contributed by atoms with Crippen LogP contribution in [0.3, 0.4) is 0 Å². The maximum absolute atomic E-state index is 14.0. The van der Waals surface area contributed by atoms with Crippen LogP contribution in [0.15, 0.2) is 30.5 Å². The SMILES string of the molecule is O=C(Cc1c(F)c(F)c(F)c(F)c1F)Nc1ncc(-c2ccc(O)cc2)nc1CCC1CCCCC1. The molecule has 1 aliphatic carbocycles. The lowest BCUT2D eigenvalue weighted by Crippen LogP contribution is -2.20. The Morgan fingerprint density at radius 3 is 2.17 bits per heavy atom. The molecular formula is C26H24F5N3O2. The topological polar surface area (TPSA) is 75.1 Å². The molecule has 0 bridgehead atoms. The molecule has 0 unspecified atom stereocenters. The zero-order chi connectivity index (χ0) is 25.8. The van der Waals surface area contributed by atoms with Crippen molar-refractivity contribution in [2.24, 2.45) is 5.92 Å². The summed E-state index contributed by atoms with van der Waals surface area (Å²) in [6.45, 7) is 0. The molecule has 1 amide bonds. The Morgan fingerprint density at radius 2 is 1.53 bits per heavy atom. The molecule has 1 aliphatic rings. The first-order valence-corrected chi connectivity index (χ1v) is 11.7. The molecule has 1 aromatic heterocycles. The lowest BCUT2D eigenvalue weighted by molar-refractivity contribution is -0.115. The molecule has 1 saturated carbocycles. The van der Waals surface area contributed by atoms with Gasteiger partial charge in [0, 0.05) is 11.1 Å². The van der Waals surface area contributed by atoms with Gasteiger partial charge in [0.05, 0.1) is 24.0 Å². The first kappa shape index (κ1) is 25.5. The van der Waals surface area contributed by atoms with Crippen LogP contribution in [0.2, 0.25) is 0 Å². The van der Waals surface area contributed by atoms with E-state index >= 15 is 0 Å². The summed E-state index contributed by atoms with van der Waals surface area (Å²) in [5.74, 6) is -11.0. The Bertz CT molecular complexity index is 1230. The standard InChI is InChI=1S/C26H24F5N3O2/c27-21-17(22(28)24(30)25(31)23(21)29)12-20(36)34-26-18(11-6-14-4-2-1-3-5-14)33-19(13-32-26)15-7-9-16(35)10-8-15/h7-10,13-14,35H,1-6,11-12H2,(H,32,34,36). The van der Waals surface area contributed by atoms with Gasteiger partial charge in [-0.15, -0.1) is 0 Å². The normalized spacial score (nSPS) is 14.1. The number of hydrogen-bond donors (Lipinski definition) is 2. The lowest BCUT2D eigenvalue weighted by Gasteiger charge is -2.21. The maximum atomic E-state index is 14.0. The highest BCUT2D eigenvalue weighted by Crippen LogP contribution is 2.29. The van der Waals surface area contributed by atoms with E-state index in [1.54, 1.807) is 12.1 Å². The van der Waals surface area contributed by atoms with E-state index in [1.165, 1.54) is 24.8 Å². The van der Waals surface area contributed by atoms with E-state index in [9.17, 15) is 31.9 Å². The van der Waals surface area contributed by atoms with Gasteiger partial charge in [-0.1, -0.05) is 32.1 Å². The summed E-state index contributed by atoms with van der Waals surface area (Å²) < 4.78 is 68.4. The Balaban J connectivity index is 1.58. The third kappa shape index (κ3) is 5.63. The van der Waals surface area contributed by atoms with Crippen molar-refractivity contribution < 1.29 is 31.9 Å². The largest absolute Gasteiger partial charge is 0.508 e. The van der Waals surface area contributed by atoms with Crippen LogP contribution < -0.4 is 5.32 Å². The number of aromatic nitrogens is 2. The first-order chi connectivity index (χ1) is 17.2. The van der Waals surface area contributed by atoms with E-state index < -0.39 is 47.0 Å². The van der Waals surface area contributed by atoms with E-state index in [1.807, 2.05) is 0 Å². The van der Waals surface area contributed by atoms with Gasteiger partial charge in [-0.25, -0.2) is 31.9 Å². The minimum Gasteiger partial charge on any atom is -0.508 e. The second kappa shape index (κ2) is 11.0. The zero-order valence-electron chi connectivity index (χ0n) is 19.3. The number of nitrogens with one attached hydrogen (secondary N) is 1. The van der Waals surface area contributed by atoms with E-state index in [4.69, 9.17) is 0 Å². The Kier molecular flexibility index (Phi) is 7.81. The van der Waals surface area contributed by atoms with Gasteiger partial charge in [0.15, 0.2) is 29.1 Å². The van der Waals surface area contributed by atoms with Gasteiger partial charge in [0.25, 0.3) is 0 Å². The van der Waals surface area contributed by atoms with Crippen molar-refractivity contribution >= 4 is 11.7 Å². The van der Waals surface area contributed by atoms with Crippen LogP contribution in [0.1, 0.15) is 49.8 Å². The van der Waals surface area contributed by atoms with Crippen LogP contribution in [-0.4, -0.2) is 21.0 Å². The van der Waals surface area contributed by atoms with Crippen molar-refractivity contribution in [3.63, 3.8) is 0 Å². The number of aryl methyl sites for hydroxylation is 1. The van der Waals surface area contributed by atoms with Crippen LogP contribution >= 0.6 is 0 Å². The molecule has 0 atom stereocenters. The highest BCUT2D eigenvalue weighted by molar-refractivity contribution is 5.92. The number of rotatable bonds is 7. The molecule has 0 spiro atoms. The molecule has 10 heteroatoms. The maximum Gasteiger partial charge on any atom is 0.230 e. The van der Waals surface area contributed by atoms with Crippen LogP contribution in [0, 0.1) is 35.0 Å². The van der Waals surface area contributed by atoms with Crippen LogP contribution in [0.4, 0.5) is 27.8 Å². The molecule has 1 heterocycles. The molecule has 3 aromatic rings. The van der Waals surface area contributed by atoms with Crippen molar-refractivity contribution in [1.82, 2.24) is 9.97 Å². The number of phenolic OH excluding ortho intramolecular Hbond substituents is 1. The second-order valence-corrected chi connectivity index (χ2v) is 8.91. The molecule has 0 radical (unpaired) electrons. The Labute approximate surface area is 204 Å². The zero-order valence-corrected chi connectivity index (χ0v) is 19.3. The fourth-order valence-corrected chi connectivity index (χ4v) is 4.44. The number of nitrogens with zero attached hydrogens (tertiary/aromatic N) is 2. The number of carbonyl (C=O) groups excluding carboxylic acids is 1. The fourth-order valence-electron chi connectivity index (χ4n) is 4.44. The number of amides is 1. The number of carbonyl (C=O) groups is 1. The summed E-state index contributed by atoms with van der Waals surface area (Å²) in [5.41, 5.74) is 0.392. The van der Waals surface area contributed by atoms with Crippen molar-refractivity contribution in [3.8, 4) is 17.0 Å². The van der Waals surface area contributed by atoms with Crippen LogP contribution in [0.25, 0.3) is 11.3 Å². The fraction of sp³-hybridized carbons (Fsp3) is 0.346. The number of phenols is 1. The Hall–Kier alpha value is -3.56. The van der Waals surface area contributed by atoms with Gasteiger partial charge in [-0.05, 0) is 43.0 Å². The summed E-state index contributed by atoms with van der Waals surface area (Å²) in [5, 5.41) is 12.0. The molecule has 2 N–H and O–H groups in total. The molecule has 5 nitrogen and oxygen atoms in total. The minimum absolute atomic E-state index is 0.0576. The minimum atomic E-state index is -2.28. The monoisotopic (exact) mass is 505 g/mol.